The van der Waals surface area contributed by atoms with Crippen LogP contribution >= 0.6 is 11.6 Å². The summed E-state index contributed by atoms with van der Waals surface area (Å²) >= 11 is 4.68. The summed E-state index contributed by atoms with van der Waals surface area (Å²) < 4.78 is 27.8. The van der Waals surface area contributed by atoms with Crippen molar-refractivity contribution >= 4 is 11.6 Å². The van der Waals surface area contributed by atoms with E-state index in [-0.39, 0.29) is 0 Å². The maximum Gasteiger partial charge on any atom is 0.245 e. The fourth-order valence-corrected chi connectivity index (χ4v) is 0.307. The molecule has 0 N–H and O–H groups in total. The van der Waals surface area contributed by atoms with Gasteiger partial charge in [0.05, 0.1) is 6.61 Å². The van der Waals surface area contributed by atoms with Crippen LogP contribution in [0.2, 0.25) is 0 Å². The Balaban J connectivity index is 3.16. The van der Waals surface area contributed by atoms with E-state index in [1.807, 2.05) is 0 Å². The molecule has 55 valence electrons. The highest BCUT2D eigenvalue weighted by Crippen LogP contribution is 2.10. The lowest BCUT2D eigenvalue weighted by molar-refractivity contribution is -0.0337. The van der Waals surface area contributed by atoms with Crippen molar-refractivity contribution in [3.05, 3.63) is 6.61 Å². The lowest BCUT2D eigenvalue weighted by Crippen LogP contribution is -2.13. The summed E-state index contributed by atoms with van der Waals surface area (Å²) in [5, 5.41) is 0. The molecule has 1 nitrogen and oxygen atoms in total. The standard InChI is InChI=1S/C5H8ClF2O/c1-2-3-9-5(8)4(6)7/h3-5H,2H2,1H3. The third-order valence-electron chi connectivity index (χ3n) is 0.591. The van der Waals surface area contributed by atoms with Crippen LogP contribution in [0.4, 0.5) is 8.78 Å². The molecule has 0 aliphatic heterocycles. The van der Waals surface area contributed by atoms with Gasteiger partial charge in [0.25, 0.3) is 0 Å². The average Bonchev–Trinajstić information content (AvgIpc) is 1.82. The molecule has 2 atom stereocenters. The second kappa shape index (κ2) is 4.94. The second-order valence-electron chi connectivity index (χ2n) is 1.40. The van der Waals surface area contributed by atoms with Gasteiger partial charge in [-0.1, -0.05) is 18.5 Å². The molecule has 0 aromatic carbocycles. The minimum atomic E-state index is -2.08. The van der Waals surface area contributed by atoms with Crippen molar-refractivity contribution in [3.63, 3.8) is 0 Å². The van der Waals surface area contributed by atoms with Gasteiger partial charge in [-0.05, 0) is 6.42 Å². The van der Waals surface area contributed by atoms with Crippen LogP contribution in [0.3, 0.4) is 0 Å². The van der Waals surface area contributed by atoms with Crippen molar-refractivity contribution in [2.24, 2.45) is 0 Å². The van der Waals surface area contributed by atoms with Crippen molar-refractivity contribution in [3.8, 4) is 0 Å². The van der Waals surface area contributed by atoms with E-state index in [2.05, 4.69) is 16.3 Å². The average molecular weight is 158 g/mol. The Kier molecular flexibility index (Phi) is 5.00. The zero-order chi connectivity index (χ0) is 7.28. The Bertz CT molecular complexity index is 70.0. The number of ether oxygens (including phenoxy) is 1. The van der Waals surface area contributed by atoms with E-state index in [0.717, 1.165) is 0 Å². The molecule has 9 heavy (non-hydrogen) atoms. The Morgan fingerprint density at radius 1 is 1.67 bits per heavy atom. The van der Waals surface area contributed by atoms with Crippen LogP contribution in [0.25, 0.3) is 0 Å². The maximum absolute atomic E-state index is 12.0. The minimum Gasteiger partial charge on any atom is -0.339 e. The summed E-state index contributed by atoms with van der Waals surface area (Å²) in [4.78, 5) is 0. The van der Waals surface area contributed by atoms with Crippen LogP contribution in [-0.2, 0) is 4.74 Å². The molecule has 0 amide bonds. The number of hydrogen-bond donors (Lipinski definition) is 0. The minimum absolute atomic E-state index is 0.532. The van der Waals surface area contributed by atoms with Gasteiger partial charge in [0.2, 0.25) is 12.0 Å². The van der Waals surface area contributed by atoms with E-state index in [9.17, 15) is 8.78 Å². The molecule has 2 unspecified atom stereocenters. The van der Waals surface area contributed by atoms with Crippen LogP contribution in [0.1, 0.15) is 13.3 Å². The van der Waals surface area contributed by atoms with E-state index in [1.165, 1.54) is 6.61 Å². The molecule has 0 aromatic heterocycles. The topological polar surface area (TPSA) is 9.23 Å². The van der Waals surface area contributed by atoms with Crippen molar-refractivity contribution in [1.82, 2.24) is 0 Å². The van der Waals surface area contributed by atoms with Gasteiger partial charge in [-0.2, -0.15) is 0 Å². The van der Waals surface area contributed by atoms with Gasteiger partial charge in [0.1, 0.15) is 0 Å². The van der Waals surface area contributed by atoms with Crippen molar-refractivity contribution < 1.29 is 13.5 Å². The van der Waals surface area contributed by atoms with E-state index >= 15 is 0 Å². The lowest BCUT2D eigenvalue weighted by atomic mass is 10.5. The van der Waals surface area contributed by atoms with Gasteiger partial charge >= 0.3 is 0 Å². The molecule has 0 spiro atoms. The Morgan fingerprint density at radius 2 is 2.22 bits per heavy atom. The molecule has 0 fully saturated rings. The number of hydrogen-bond acceptors (Lipinski definition) is 1. The molecule has 4 heteroatoms. The third-order valence-corrected chi connectivity index (χ3v) is 0.789. The highest BCUT2D eigenvalue weighted by atomic mass is 35.5. The van der Waals surface area contributed by atoms with Gasteiger partial charge in [0.15, 0.2) is 0 Å². The van der Waals surface area contributed by atoms with E-state index in [0.29, 0.717) is 6.42 Å². The molecular weight excluding hydrogens is 150 g/mol. The quantitative estimate of drug-likeness (QED) is 0.570. The van der Waals surface area contributed by atoms with Gasteiger partial charge in [-0.25, -0.2) is 8.78 Å². The monoisotopic (exact) mass is 157 g/mol. The molecule has 0 rings (SSSR count). The summed E-state index contributed by atoms with van der Waals surface area (Å²) in [5.41, 5.74) is -2.08. The fourth-order valence-electron chi connectivity index (χ4n) is 0.248. The van der Waals surface area contributed by atoms with Crippen LogP contribution in [0.15, 0.2) is 0 Å². The van der Waals surface area contributed by atoms with E-state index in [1.54, 1.807) is 6.92 Å². The fraction of sp³-hybridized carbons (Fsp3) is 0.800. The van der Waals surface area contributed by atoms with Crippen molar-refractivity contribution in [1.29, 1.82) is 0 Å². The predicted octanol–water partition coefficient (Wildman–Crippen LogP) is 2.40. The molecule has 0 aromatic rings. The molecule has 0 aliphatic rings. The summed E-state index contributed by atoms with van der Waals surface area (Å²) in [6.07, 6.45) is -1.50. The highest BCUT2D eigenvalue weighted by molar-refractivity contribution is 6.19. The van der Waals surface area contributed by atoms with Crippen molar-refractivity contribution in [2.45, 2.75) is 25.3 Å². The smallest absolute Gasteiger partial charge is 0.245 e. The zero-order valence-electron chi connectivity index (χ0n) is 4.98. The summed E-state index contributed by atoms with van der Waals surface area (Å²) in [7, 11) is 0. The van der Waals surface area contributed by atoms with Crippen LogP contribution in [0.5, 0.6) is 0 Å². The second-order valence-corrected chi connectivity index (χ2v) is 1.81. The first-order valence-corrected chi connectivity index (χ1v) is 3.01. The van der Waals surface area contributed by atoms with E-state index < -0.39 is 12.0 Å². The van der Waals surface area contributed by atoms with E-state index in [4.69, 9.17) is 0 Å². The molecule has 0 saturated carbocycles. The Hall–Kier alpha value is 0.110. The molecule has 0 aliphatic carbocycles. The third kappa shape index (κ3) is 4.60. The molecule has 0 saturated heterocycles. The van der Waals surface area contributed by atoms with Gasteiger partial charge in [-0.3, -0.25) is 0 Å². The van der Waals surface area contributed by atoms with Gasteiger partial charge in [0, 0.05) is 0 Å². The molecule has 0 bridgehead atoms. The number of halogens is 3. The summed E-state index contributed by atoms with van der Waals surface area (Å²) in [5.74, 6) is 0. The first-order chi connectivity index (χ1) is 4.18. The van der Waals surface area contributed by atoms with Crippen molar-refractivity contribution in [2.75, 3.05) is 0 Å². The first-order valence-electron chi connectivity index (χ1n) is 2.57. The van der Waals surface area contributed by atoms with Crippen LogP contribution < -0.4 is 0 Å². The van der Waals surface area contributed by atoms with Crippen LogP contribution in [0, 0.1) is 6.61 Å². The maximum atomic E-state index is 12.0. The Morgan fingerprint density at radius 3 is 2.56 bits per heavy atom. The summed E-state index contributed by atoms with van der Waals surface area (Å²) in [6, 6.07) is 0. The highest BCUT2D eigenvalue weighted by Gasteiger charge is 2.16. The lowest BCUT2D eigenvalue weighted by Gasteiger charge is -2.06. The van der Waals surface area contributed by atoms with Crippen LogP contribution in [-0.4, -0.2) is 12.0 Å². The van der Waals surface area contributed by atoms with Gasteiger partial charge < -0.3 is 4.74 Å². The predicted molar refractivity (Wildman–Crippen MR) is 31.3 cm³/mol. The first kappa shape index (κ1) is 9.11. The summed E-state index contributed by atoms with van der Waals surface area (Å²) in [6.45, 7) is 2.91. The van der Waals surface area contributed by atoms with Gasteiger partial charge in [-0.15, -0.1) is 0 Å². The Labute approximate surface area is 57.9 Å². The largest absolute Gasteiger partial charge is 0.339 e. The number of alkyl halides is 3. The molecular formula is C5H8ClF2O. The number of rotatable bonds is 4. The molecule has 1 radical (unpaired) electrons. The zero-order valence-corrected chi connectivity index (χ0v) is 5.74. The molecule has 0 heterocycles. The SMILES string of the molecule is CC[CH]OC(F)C(F)Cl. The normalized spacial score (nSPS) is 17.3.